The Morgan fingerprint density at radius 1 is 1.15 bits per heavy atom. The van der Waals surface area contributed by atoms with E-state index in [1.165, 1.54) is 0 Å². The molecule has 2 aromatic rings. The third-order valence-corrected chi connectivity index (χ3v) is 7.75. The van der Waals surface area contributed by atoms with Crippen LogP contribution >= 0.6 is 15.9 Å². The molecule has 0 saturated carbocycles. The summed E-state index contributed by atoms with van der Waals surface area (Å²) in [5.41, 5.74) is 2.91. The topological polar surface area (TPSA) is 72.8 Å². The fourth-order valence-corrected chi connectivity index (χ4v) is 5.47. The van der Waals surface area contributed by atoms with E-state index in [1.807, 2.05) is 24.3 Å². The van der Waals surface area contributed by atoms with Crippen molar-refractivity contribution in [3.63, 3.8) is 0 Å². The molecule has 178 valence electrons. The number of halogens is 1. The normalized spacial score (nSPS) is 23.1. The zero-order valence-electron chi connectivity index (χ0n) is 19.9. The molecule has 1 aliphatic heterocycles. The van der Waals surface area contributed by atoms with Crippen molar-refractivity contribution in [2.24, 2.45) is 0 Å². The van der Waals surface area contributed by atoms with Gasteiger partial charge in [-0.1, -0.05) is 35.0 Å². The summed E-state index contributed by atoms with van der Waals surface area (Å²) in [6.45, 7) is 9.78. The molecule has 8 heteroatoms. The molecule has 0 bridgehead atoms. The summed E-state index contributed by atoms with van der Waals surface area (Å²) in [4.78, 5) is 28.4. The lowest BCUT2D eigenvalue weighted by molar-refractivity contribution is -0.113. The number of hydrogen-bond donors (Lipinski definition) is 1. The van der Waals surface area contributed by atoms with Crippen LogP contribution in [0.15, 0.2) is 35.1 Å². The zero-order chi connectivity index (χ0) is 23.7. The molecule has 1 aromatic heterocycles. The van der Waals surface area contributed by atoms with E-state index in [4.69, 9.17) is 0 Å². The molecule has 0 spiro atoms. The third kappa shape index (κ3) is 4.85. The van der Waals surface area contributed by atoms with Gasteiger partial charge in [-0.15, -0.1) is 0 Å². The van der Waals surface area contributed by atoms with Crippen molar-refractivity contribution in [2.75, 3.05) is 38.1 Å². The molecule has 4 rings (SSSR count). The summed E-state index contributed by atoms with van der Waals surface area (Å²) >= 11 is 3.50. The van der Waals surface area contributed by atoms with Gasteiger partial charge in [-0.3, -0.25) is 9.80 Å². The molecule has 4 atom stereocenters. The third-order valence-electron chi connectivity index (χ3n) is 7.22. The number of benzene rings is 1. The molecule has 1 N–H and O–H groups in total. The van der Waals surface area contributed by atoms with E-state index in [-0.39, 0.29) is 18.0 Å². The van der Waals surface area contributed by atoms with Crippen LogP contribution in [0, 0.1) is 0 Å². The van der Waals surface area contributed by atoms with Gasteiger partial charge < -0.3 is 14.8 Å². The van der Waals surface area contributed by atoms with Crippen LogP contribution in [0.4, 0.5) is 5.82 Å². The van der Waals surface area contributed by atoms with E-state index >= 15 is 0 Å². The fraction of sp³-hybridized carbons (Fsp3) is 0.560. The van der Waals surface area contributed by atoms with Gasteiger partial charge >= 0.3 is 0 Å². The van der Waals surface area contributed by atoms with Crippen molar-refractivity contribution in [3.8, 4) is 0 Å². The Balaban J connectivity index is 1.56. The highest BCUT2D eigenvalue weighted by Crippen LogP contribution is 2.43. The van der Waals surface area contributed by atoms with Crippen molar-refractivity contribution in [2.45, 2.75) is 57.3 Å². The second-order valence-corrected chi connectivity index (χ2v) is 10.5. The lowest BCUT2D eigenvalue weighted by Crippen LogP contribution is -2.59. The van der Waals surface area contributed by atoms with Crippen LogP contribution in [-0.4, -0.2) is 76.6 Å². The molecule has 1 saturated heterocycles. The lowest BCUT2D eigenvalue weighted by Gasteiger charge is -2.46. The van der Waals surface area contributed by atoms with E-state index < -0.39 is 6.10 Å². The van der Waals surface area contributed by atoms with Crippen LogP contribution in [0.2, 0.25) is 0 Å². The number of carbonyl (C=O) groups excluding carboxylic acids is 1. The van der Waals surface area contributed by atoms with Crippen molar-refractivity contribution in [3.05, 3.63) is 51.9 Å². The van der Waals surface area contributed by atoms with Gasteiger partial charge in [-0.2, -0.15) is 0 Å². The SMILES string of the molecule is CC(C)N(C)C(C(C=O)c1ccc(Br)cc1)N1CCN(c2ncnc3c2[C@H](C)C[C@@H]3O)CC1. The first-order valence-corrected chi connectivity index (χ1v) is 12.6. The molecule has 1 aromatic carbocycles. The number of aldehydes is 1. The van der Waals surface area contributed by atoms with Crippen LogP contribution in [0.1, 0.15) is 62.0 Å². The highest BCUT2D eigenvalue weighted by Gasteiger charge is 2.37. The quantitative estimate of drug-likeness (QED) is 0.565. The summed E-state index contributed by atoms with van der Waals surface area (Å²) < 4.78 is 1.01. The van der Waals surface area contributed by atoms with Crippen LogP contribution in [-0.2, 0) is 4.79 Å². The molecule has 7 nitrogen and oxygen atoms in total. The zero-order valence-corrected chi connectivity index (χ0v) is 21.4. The Morgan fingerprint density at radius 3 is 2.42 bits per heavy atom. The monoisotopic (exact) mass is 515 g/mol. The number of nitrogens with zero attached hydrogens (tertiary/aromatic N) is 5. The van der Waals surface area contributed by atoms with E-state index in [0.717, 1.165) is 59.6 Å². The van der Waals surface area contributed by atoms with Crippen LogP contribution in [0.5, 0.6) is 0 Å². The van der Waals surface area contributed by atoms with Gasteiger partial charge in [-0.05, 0) is 50.9 Å². The van der Waals surface area contributed by atoms with Gasteiger partial charge in [0.15, 0.2) is 0 Å². The molecule has 2 aliphatic rings. The summed E-state index contributed by atoms with van der Waals surface area (Å²) in [6.07, 6.45) is 2.85. The number of piperazine rings is 1. The van der Waals surface area contributed by atoms with Gasteiger partial charge in [-0.25, -0.2) is 9.97 Å². The maximum Gasteiger partial charge on any atom is 0.135 e. The summed E-state index contributed by atoms with van der Waals surface area (Å²) in [7, 11) is 2.11. The predicted octanol–water partition coefficient (Wildman–Crippen LogP) is 3.55. The van der Waals surface area contributed by atoms with E-state index in [9.17, 15) is 9.90 Å². The molecular weight excluding hydrogens is 482 g/mol. The summed E-state index contributed by atoms with van der Waals surface area (Å²) in [5, 5.41) is 10.4. The first kappa shape index (κ1) is 24.3. The number of fused-ring (bicyclic) bond motifs is 1. The number of anilines is 1. The fourth-order valence-electron chi connectivity index (χ4n) is 5.20. The Labute approximate surface area is 204 Å². The molecular formula is C25H34BrN5O2. The number of carbonyl (C=O) groups is 1. The predicted molar refractivity (Wildman–Crippen MR) is 133 cm³/mol. The van der Waals surface area contributed by atoms with E-state index in [0.29, 0.717) is 12.5 Å². The first-order valence-electron chi connectivity index (χ1n) is 11.8. The highest BCUT2D eigenvalue weighted by atomic mass is 79.9. The molecule has 1 aliphatic carbocycles. The van der Waals surface area contributed by atoms with Crippen molar-refractivity contribution >= 4 is 28.0 Å². The maximum atomic E-state index is 12.4. The molecule has 0 amide bonds. The smallest absolute Gasteiger partial charge is 0.135 e. The van der Waals surface area contributed by atoms with Crippen molar-refractivity contribution < 1.29 is 9.90 Å². The Kier molecular flexibility index (Phi) is 7.48. The molecule has 2 unspecified atom stereocenters. The lowest BCUT2D eigenvalue weighted by atomic mass is 9.94. The minimum Gasteiger partial charge on any atom is -0.387 e. The van der Waals surface area contributed by atoms with Crippen LogP contribution < -0.4 is 4.90 Å². The Bertz CT molecular complexity index is 962. The molecule has 0 radical (unpaired) electrons. The van der Waals surface area contributed by atoms with Gasteiger partial charge in [0.1, 0.15) is 18.4 Å². The summed E-state index contributed by atoms with van der Waals surface area (Å²) in [5.74, 6) is 0.966. The Morgan fingerprint density at radius 2 is 1.82 bits per heavy atom. The number of aliphatic hydroxyl groups is 1. The van der Waals surface area contributed by atoms with Crippen LogP contribution in [0.25, 0.3) is 0 Å². The molecule has 1 fully saturated rings. The highest BCUT2D eigenvalue weighted by molar-refractivity contribution is 9.10. The number of likely N-dealkylation sites (N-methyl/N-ethyl adjacent to an activating group) is 1. The average Bonchev–Trinajstić information content (AvgIpc) is 3.11. The van der Waals surface area contributed by atoms with Gasteiger partial charge in [0.25, 0.3) is 0 Å². The average molecular weight is 516 g/mol. The van der Waals surface area contributed by atoms with Crippen LogP contribution in [0.3, 0.4) is 0 Å². The van der Waals surface area contributed by atoms with Gasteiger partial charge in [0.2, 0.25) is 0 Å². The summed E-state index contributed by atoms with van der Waals surface area (Å²) in [6, 6.07) is 8.39. The molecule has 2 heterocycles. The minimum atomic E-state index is -0.499. The second-order valence-electron chi connectivity index (χ2n) is 9.56. The molecule has 33 heavy (non-hydrogen) atoms. The maximum absolute atomic E-state index is 12.4. The second kappa shape index (κ2) is 10.2. The number of aliphatic hydroxyl groups excluding tert-OH is 1. The first-order chi connectivity index (χ1) is 15.8. The Hall–Kier alpha value is -1.87. The van der Waals surface area contributed by atoms with E-state index in [2.05, 4.69) is 68.4 Å². The number of hydrogen-bond acceptors (Lipinski definition) is 7. The number of aromatic nitrogens is 2. The minimum absolute atomic E-state index is 0.0253. The van der Waals surface area contributed by atoms with Crippen molar-refractivity contribution in [1.29, 1.82) is 0 Å². The van der Waals surface area contributed by atoms with Gasteiger partial charge in [0, 0.05) is 42.3 Å². The largest absolute Gasteiger partial charge is 0.387 e. The van der Waals surface area contributed by atoms with E-state index in [1.54, 1.807) is 6.33 Å². The van der Waals surface area contributed by atoms with Gasteiger partial charge in [0.05, 0.1) is 23.9 Å². The standard InChI is InChI=1S/C25H34BrN5O2/c1-16(2)29(4)25(20(14-32)18-5-7-19(26)8-6-18)31-11-9-30(10-12-31)24-22-17(3)13-21(33)23(22)27-15-28-24/h5-8,14-17,20-21,25,33H,9-13H2,1-4H3/t17-,20?,21+,25?/m1/s1. The van der Waals surface area contributed by atoms with Crippen molar-refractivity contribution in [1.82, 2.24) is 19.8 Å². The number of rotatable bonds is 7.